The second-order valence-corrected chi connectivity index (χ2v) is 6.66. The number of carboxylic acid groups (broad SMARTS) is 1. The minimum Gasteiger partial charge on any atom is -0.481 e. The highest BCUT2D eigenvalue weighted by Crippen LogP contribution is 2.30. The maximum atomic E-state index is 12.1. The smallest absolute Gasteiger partial charge is 0.315 e. The highest BCUT2D eigenvalue weighted by molar-refractivity contribution is 5.79. The highest BCUT2D eigenvalue weighted by Gasteiger charge is 2.44. The summed E-state index contributed by atoms with van der Waals surface area (Å²) in [6, 6.07) is -0.499. The Bertz CT molecular complexity index is 365. The summed E-state index contributed by atoms with van der Waals surface area (Å²) in [6.07, 6.45) is 0. The van der Waals surface area contributed by atoms with E-state index in [2.05, 4.69) is 10.6 Å². The van der Waals surface area contributed by atoms with Crippen LogP contribution in [0, 0.1) is 11.3 Å². The van der Waals surface area contributed by atoms with Gasteiger partial charge < -0.3 is 20.5 Å². The molecule has 6 heteroatoms. The summed E-state index contributed by atoms with van der Waals surface area (Å²) in [5.41, 5.74) is -1.98. The van der Waals surface area contributed by atoms with E-state index in [0.29, 0.717) is 13.2 Å². The molecular weight excluding hydrogens is 272 g/mol. The summed E-state index contributed by atoms with van der Waals surface area (Å²) >= 11 is 0. The molecule has 0 aliphatic carbocycles. The van der Waals surface area contributed by atoms with Crippen LogP contribution in [0.25, 0.3) is 0 Å². The van der Waals surface area contributed by atoms with Crippen LogP contribution in [0.3, 0.4) is 0 Å². The Morgan fingerprint density at radius 3 is 2.10 bits per heavy atom. The van der Waals surface area contributed by atoms with Crippen LogP contribution in [0.5, 0.6) is 0 Å². The van der Waals surface area contributed by atoms with E-state index in [4.69, 9.17) is 4.74 Å². The van der Waals surface area contributed by atoms with Crippen molar-refractivity contribution >= 4 is 12.0 Å². The normalized spacial score (nSPS) is 13.9. The molecular formula is C15H30N2O4. The molecule has 21 heavy (non-hydrogen) atoms. The van der Waals surface area contributed by atoms with Crippen molar-refractivity contribution in [3.05, 3.63) is 0 Å². The first-order valence-electron chi connectivity index (χ1n) is 7.35. The Balaban J connectivity index is 4.77. The molecule has 0 aromatic heterocycles. The summed E-state index contributed by atoms with van der Waals surface area (Å²) in [5, 5.41) is 14.9. The fourth-order valence-electron chi connectivity index (χ4n) is 1.56. The first-order chi connectivity index (χ1) is 9.45. The van der Waals surface area contributed by atoms with Crippen LogP contribution in [0.4, 0.5) is 4.79 Å². The lowest BCUT2D eigenvalue weighted by atomic mass is 9.74. The fourth-order valence-corrected chi connectivity index (χ4v) is 1.56. The zero-order valence-electron chi connectivity index (χ0n) is 14.2. The fraction of sp³-hybridized carbons (Fsp3) is 0.867. The van der Waals surface area contributed by atoms with Crippen molar-refractivity contribution in [2.75, 3.05) is 13.2 Å². The molecule has 0 aliphatic rings. The van der Waals surface area contributed by atoms with Gasteiger partial charge in [0.1, 0.15) is 0 Å². The van der Waals surface area contributed by atoms with Crippen molar-refractivity contribution in [1.29, 1.82) is 0 Å². The molecule has 0 rings (SSSR count). The number of urea groups is 1. The number of amides is 2. The number of carboxylic acids is 1. The van der Waals surface area contributed by atoms with Gasteiger partial charge in [0.2, 0.25) is 0 Å². The van der Waals surface area contributed by atoms with Crippen LogP contribution in [0.2, 0.25) is 0 Å². The zero-order chi connectivity index (χ0) is 16.8. The Hall–Kier alpha value is -1.30. The molecule has 1 atom stereocenters. The van der Waals surface area contributed by atoms with Crippen molar-refractivity contribution in [3.8, 4) is 0 Å². The lowest BCUT2D eigenvalue weighted by Gasteiger charge is -2.39. The minimum absolute atomic E-state index is 0.117. The van der Waals surface area contributed by atoms with Crippen molar-refractivity contribution in [2.24, 2.45) is 11.3 Å². The number of aliphatic carboxylic acids is 1. The minimum atomic E-state index is -1.09. The van der Waals surface area contributed by atoms with Crippen LogP contribution in [0.15, 0.2) is 0 Å². The first-order valence-corrected chi connectivity index (χ1v) is 7.35. The molecule has 0 heterocycles. The van der Waals surface area contributed by atoms with Crippen molar-refractivity contribution < 1.29 is 19.4 Å². The maximum absolute atomic E-state index is 12.1. The third-order valence-electron chi connectivity index (χ3n) is 4.15. The monoisotopic (exact) mass is 302 g/mol. The third-order valence-corrected chi connectivity index (χ3v) is 4.15. The highest BCUT2D eigenvalue weighted by atomic mass is 16.5. The van der Waals surface area contributed by atoms with Crippen molar-refractivity contribution in [3.63, 3.8) is 0 Å². The molecule has 0 fully saturated rings. The van der Waals surface area contributed by atoms with Gasteiger partial charge in [-0.25, -0.2) is 4.79 Å². The summed E-state index contributed by atoms with van der Waals surface area (Å²) in [6.45, 7) is 13.5. The lowest BCUT2D eigenvalue weighted by Crippen LogP contribution is -2.60. The van der Waals surface area contributed by atoms with E-state index in [-0.39, 0.29) is 18.0 Å². The molecule has 3 N–H and O–H groups in total. The van der Waals surface area contributed by atoms with Crippen molar-refractivity contribution in [2.45, 2.75) is 60.0 Å². The standard InChI is InChI=1S/C15H30N2O4/c1-8-21-9-11(10(2)3)16-13(20)17-15(6,7)14(4,5)12(18)19/h10-11H,8-9H2,1-7H3,(H,18,19)(H2,16,17,20). The SMILES string of the molecule is CCOCC(NC(=O)NC(C)(C)C(C)(C)C(=O)O)C(C)C. The Morgan fingerprint density at radius 1 is 1.19 bits per heavy atom. The van der Waals surface area contributed by atoms with Crippen molar-refractivity contribution in [1.82, 2.24) is 10.6 Å². The van der Waals surface area contributed by atoms with Crippen LogP contribution in [-0.4, -0.2) is 41.9 Å². The molecule has 0 spiro atoms. The van der Waals surface area contributed by atoms with Gasteiger partial charge in [0.25, 0.3) is 0 Å². The predicted molar refractivity (Wildman–Crippen MR) is 82.3 cm³/mol. The predicted octanol–water partition coefficient (Wildman–Crippen LogP) is 2.24. The molecule has 0 radical (unpaired) electrons. The number of nitrogens with one attached hydrogen (secondary N) is 2. The number of carbonyl (C=O) groups excluding carboxylic acids is 1. The van der Waals surface area contributed by atoms with Gasteiger partial charge in [0, 0.05) is 6.61 Å². The second kappa shape index (κ2) is 7.64. The van der Waals surface area contributed by atoms with E-state index in [1.54, 1.807) is 27.7 Å². The largest absolute Gasteiger partial charge is 0.481 e. The van der Waals surface area contributed by atoms with Crippen LogP contribution >= 0.6 is 0 Å². The Morgan fingerprint density at radius 2 is 1.71 bits per heavy atom. The molecule has 6 nitrogen and oxygen atoms in total. The van der Waals surface area contributed by atoms with E-state index < -0.39 is 16.9 Å². The zero-order valence-corrected chi connectivity index (χ0v) is 14.2. The average molecular weight is 302 g/mol. The Labute approximate surface area is 127 Å². The van der Waals surface area contributed by atoms with Gasteiger partial charge in [0.05, 0.1) is 23.6 Å². The first kappa shape index (κ1) is 19.7. The number of carbonyl (C=O) groups is 2. The maximum Gasteiger partial charge on any atom is 0.315 e. The quantitative estimate of drug-likeness (QED) is 0.641. The lowest BCUT2D eigenvalue weighted by molar-refractivity contribution is -0.150. The molecule has 0 aliphatic heterocycles. The average Bonchev–Trinajstić information content (AvgIpc) is 2.32. The molecule has 124 valence electrons. The molecule has 0 saturated carbocycles. The molecule has 1 unspecified atom stereocenters. The number of hydrogen-bond acceptors (Lipinski definition) is 3. The molecule has 0 aromatic carbocycles. The summed E-state index contributed by atoms with van der Waals surface area (Å²) in [4.78, 5) is 23.5. The second-order valence-electron chi connectivity index (χ2n) is 6.66. The van der Waals surface area contributed by atoms with Gasteiger partial charge >= 0.3 is 12.0 Å². The van der Waals surface area contributed by atoms with Crippen LogP contribution < -0.4 is 10.6 Å². The molecule has 0 aromatic rings. The molecule has 0 bridgehead atoms. The van der Waals surface area contributed by atoms with Crippen LogP contribution in [-0.2, 0) is 9.53 Å². The van der Waals surface area contributed by atoms with E-state index in [0.717, 1.165) is 0 Å². The third kappa shape index (κ3) is 5.53. The van der Waals surface area contributed by atoms with E-state index >= 15 is 0 Å². The summed E-state index contributed by atoms with van der Waals surface area (Å²) in [7, 11) is 0. The number of rotatable bonds is 8. The van der Waals surface area contributed by atoms with E-state index in [9.17, 15) is 14.7 Å². The van der Waals surface area contributed by atoms with E-state index in [1.807, 2.05) is 20.8 Å². The van der Waals surface area contributed by atoms with Gasteiger partial charge in [-0.2, -0.15) is 0 Å². The van der Waals surface area contributed by atoms with Gasteiger partial charge in [-0.1, -0.05) is 13.8 Å². The number of ether oxygens (including phenoxy) is 1. The van der Waals surface area contributed by atoms with Gasteiger partial charge in [-0.3, -0.25) is 4.79 Å². The van der Waals surface area contributed by atoms with Gasteiger partial charge in [0.15, 0.2) is 0 Å². The molecule has 0 saturated heterocycles. The van der Waals surface area contributed by atoms with Gasteiger partial charge in [-0.15, -0.1) is 0 Å². The number of hydrogen-bond donors (Lipinski definition) is 3. The molecule has 2 amide bonds. The van der Waals surface area contributed by atoms with E-state index in [1.165, 1.54) is 0 Å². The topological polar surface area (TPSA) is 87.7 Å². The van der Waals surface area contributed by atoms with Crippen LogP contribution in [0.1, 0.15) is 48.5 Å². The summed E-state index contributed by atoms with van der Waals surface area (Å²) < 4.78 is 5.36. The summed E-state index contributed by atoms with van der Waals surface area (Å²) in [5.74, 6) is -0.736. The Kier molecular flexibility index (Phi) is 7.16. The van der Waals surface area contributed by atoms with Gasteiger partial charge in [-0.05, 0) is 40.5 Å².